The van der Waals surface area contributed by atoms with Crippen LogP contribution >= 0.6 is 0 Å². The van der Waals surface area contributed by atoms with E-state index in [4.69, 9.17) is 16.9 Å². The number of rotatable bonds is 5. The van der Waals surface area contributed by atoms with Gasteiger partial charge in [0.15, 0.2) is 0 Å². The number of benzene rings is 1. The molecule has 1 aromatic carbocycles. The lowest BCUT2D eigenvalue weighted by molar-refractivity contribution is 0.364. The Morgan fingerprint density at radius 2 is 2.19 bits per heavy atom. The minimum Gasteiger partial charge on any atom is -0.404 e. The Hall–Kier alpha value is -3.29. The fourth-order valence-electron chi connectivity index (χ4n) is 3.03. The SMILES string of the molecule is CN=CC(=CN)c1ccc(N)c(C(=N)c2cc(N3CC[C@@H](F)C3)ncn2)c1. The van der Waals surface area contributed by atoms with Gasteiger partial charge in [0.1, 0.15) is 18.3 Å². The van der Waals surface area contributed by atoms with Crippen molar-refractivity contribution in [1.82, 2.24) is 9.97 Å². The van der Waals surface area contributed by atoms with Crippen LogP contribution in [0.25, 0.3) is 5.57 Å². The molecule has 0 spiro atoms. The molecule has 0 amide bonds. The number of alkyl halides is 1. The molecule has 0 unspecified atom stereocenters. The maximum Gasteiger partial charge on any atom is 0.132 e. The maximum atomic E-state index is 13.5. The highest BCUT2D eigenvalue weighted by atomic mass is 19.1. The van der Waals surface area contributed by atoms with Crippen LogP contribution in [0.4, 0.5) is 15.9 Å². The summed E-state index contributed by atoms with van der Waals surface area (Å²) in [5, 5.41) is 8.57. The molecule has 7 nitrogen and oxygen atoms in total. The van der Waals surface area contributed by atoms with E-state index in [0.29, 0.717) is 42.3 Å². The van der Waals surface area contributed by atoms with Gasteiger partial charge in [-0.3, -0.25) is 10.4 Å². The van der Waals surface area contributed by atoms with E-state index >= 15 is 0 Å². The summed E-state index contributed by atoms with van der Waals surface area (Å²) in [5.41, 5.74) is 14.9. The molecule has 0 aliphatic carbocycles. The lowest BCUT2D eigenvalue weighted by Crippen LogP contribution is -2.22. The third-order valence-corrected chi connectivity index (χ3v) is 4.47. The number of nitrogens with two attached hydrogens (primary N) is 2. The molecular formula is C19H22FN7. The van der Waals surface area contributed by atoms with Crippen molar-refractivity contribution >= 4 is 29.0 Å². The zero-order chi connectivity index (χ0) is 19.4. The van der Waals surface area contributed by atoms with Crippen LogP contribution in [0.15, 0.2) is 41.8 Å². The van der Waals surface area contributed by atoms with Gasteiger partial charge in [0.25, 0.3) is 0 Å². The van der Waals surface area contributed by atoms with Gasteiger partial charge in [-0.1, -0.05) is 6.07 Å². The van der Waals surface area contributed by atoms with Crippen LogP contribution in [0.5, 0.6) is 0 Å². The minimum absolute atomic E-state index is 0.166. The Labute approximate surface area is 157 Å². The van der Waals surface area contributed by atoms with E-state index in [1.807, 2.05) is 11.0 Å². The summed E-state index contributed by atoms with van der Waals surface area (Å²) in [7, 11) is 1.66. The predicted octanol–water partition coefficient (Wildman–Crippen LogP) is 2.02. The van der Waals surface area contributed by atoms with Crippen molar-refractivity contribution in [2.75, 3.05) is 30.8 Å². The van der Waals surface area contributed by atoms with Gasteiger partial charge in [-0.05, 0) is 24.1 Å². The number of allylic oxidation sites excluding steroid dienone is 1. The summed E-state index contributed by atoms with van der Waals surface area (Å²) in [6, 6.07) is 7.03. The van der Waals surface area contributed by atoms with Crippen molar-refractivity contribution in [2.45, 2.75) is 12.6 Å². The van der Waals surface area contributed by atoms with E-state index in [-0.39, 0.29) is 5.71 Å². The van der Waals surface area contributed by atoms with Crippen molar-refractivity contribution in [3.63, 3.8) is 0 Å². The van der Waals surface area contributed by atoms with Crippen LogP contribution < -0.4 is 16.4 Å². The van der Waals surface area contributed by atoms with Gasteiger partial charge in [-0.15, -0.1) is 0 Å². The fourth-order valence-corrected chi connectivity index (χ4v) is 3.03. The number of nitrogens with one attached hydrogen (secondary N) is 1. The van der Waals surface area contributed by atoms with Crippen molar-refractivity contribution in [3.05, 3.63) is 53.6 Å². The Balaban J connectivity index is 1.94. The first-order valence-corrected chi connectivity index (χ1v) is 8.57. The molecule has 0 bridgehead atoms. The summed E-state index contributed by atoms with van der Waals surface area (Å²) < 4.78 is 13.5. The molecule has 1 saturated heterocycles. The number of nitrogens with zero attached hydrogens (tertiary/aromatic N) is 4. The summed E-state index contributed by atoms with van der Waals surface area (Å²) in [5.74, 6) is 0.611. The van der Waals surface area contributed by atoms with E-state index in [9.17, 15) is 4.39 Å². The number of nitrogen functional groups attached to an aromatic ring is 1. The number of aliphatic imine (C=N–C) groups is 1. The summed E-state index contributed by atoms with van der Waals surface area (Å²) in [6.07, 6.45) is 4.12. The lowest BCUT2D eigenvalue weighted by Gasteiger charge is -2.17. The van der Waals surface area contributed by atoms with Crippen molar-refractivity contribution < 1.29 is 4.39 Å². The second-order valence-electron chi connectivity index (χ2n) is 6.28. The minimum atomic E-state index is -0.850. The molecule has 1 fully saturated rings. The molecule has 5 N–H and O–H groups in total. The molecule has 1 aliphatic rings. The molecule has 1 aromatic heterocycles. The van der Waals surface area contributed by atoms with Crippen molar-refractivity contribution in [2.24, 2.45) is 10.7 Å². The standard InChI is InChI=1S/C19H22FN7/c1-24-9-13(8-21)12-2-3-16(22)15(6-12)19(23)17-7-18(26-11-25-17)27-5-4-14(20)10-27/h2-3,6-9,11,14,23H,4-5,10,21-22H2,1H3/t14-/m1/s1. The second kappa shape index (κ2) is 7.94. The molecule has 8 heteroatoms. The van der Waals surface area contributed by atoms with Crippen LogP contribution in [0.2, 0.25) is 0 Å². The highest BCUT2D eigenvalue weighted by Gasteiger charge is 2.23. The number of hydrogen-bond donors (Lipinski definition) is 3. The van der Waals surface area contributed by atoms with Gasteiger partial charge in [0.2, 0.25) is 0 Å². The van der Waals surface area contributed by atoms with Crippen molar-refractivity contribution in [1.29, 1.82) is 5.41 Å². The van der Waals surface area contributed by atoms with Gasteiger partial charge < -0.3 is 16.4 Å². The molecule has 0 radical (unpaired) electrons. The summed E-state index contributed by atoms with van der Waals surface area (Å²) >= 11 is 0. The molecule has 140 valence electrons. The summed E-state index contributed by atoms with van der Waals surface area (Å²) in [6.45, 7) is 0.909. The topological polar surface area (TPSA) is 117 Å². The highest BCUT2D eigenvalue weighted by Crippen LogP contribution is 2.24. The third-order valence-electron chi connectivity index (χ3n) is 4.47. The summed E-state index contributed by atoms with van der Waals surface area (Å²) in [4.78, 5) is 14.3. The monoisotopic (exact) mass is 367 g/mol. The van der Waals surface area contributed by atoms with E-state index in [1.54, 1.807) is 31.5 Å². The zero-order valence-corrected chi connectivity index (χ0v) is 15.1. The van der Waals surface area contributed by atoms with Gasteiger partial charge in [-0.2, -0.15) is 0 Å². The molecular weight excluding hydrogens is 345 g/mol. The Kier molecular flexibility index (Phi) is 5.44. The van der Waals surface area contributed by atoms with E-state index in [2.05, 4.69) is 15.0 Å². The zero-order valence-electron chi connectivity index (χ0n) is 15.1. The van der Waals surface area contributed by atoms with Crippen LogP contribution in [0.1, 0.15) is 23.2 Å². The Morgan fingerprint density at radius 1 is 1.37 bits per heavy atom. The quantitative estimate of drug-likeness (QED) is 0.552. The van der Waals surface area contributed by atoms with E-state index in [1.165, 1.54) is 12.5 Å². The molecule has 27 heavy (non-hydrogen) atoms. The molecule has 1 atom stereocenters. The first-order valence-electron chi connectivity index (χ1n) is 8.57. The lowest BCUT2D eigenvalue weighted by atomic mass is 9.98. The first-order chi connectivity index (χ1) is 13.0. The average Bonchev–Trinajstić information content (AvgIpc) is 3.12. The van der Waals surface area contributed by atoms with Crippen LogP contribution in [-0.2, 0) is 0 Å². The Morgan fingerprint density at radius 3 is 2.85 bits per heavy atom. The third kappa shape index (κ3) is 3.94. The fraction of sp³-hybridized carbons (Fsp3) is 0.263. The number of halogens is 1. The van der Waals surface area contributed by atoms with Gasteiger partial charge in [-0.25, -0.2) is 14.4 Å². The molecule has 2 aromatic rings. The molecule has 3 rings (SSSR count). The second-order valence-corrected chi connectivity index (χ2v) is 6.28. The first kappa shape index (κ1) is 18.5. The van der Waals surface area contributed by atoms with Gasteiger partial charge in [0.05, 0.1) is 18.0 Å². The maximum absolute atomic E-state index is 13.5. The van der Waals surface area contributed by atoms with Gasteiger partial charge >= 0.3 is 0 Å². The normalized spacial score (nSPS) is 17.6. The largest absolute Gasteiger partial charge is 0.404 e. The number of aromatic nitrogens is 2. The number of anilines is 2. The average molecular weight is 367 g/mol. The van der Waals surface area contributed by atoms with Gasteiger partial charge in [0, 0.05) is 48.9 Å². The van der Waals surface area contributed by atoms with Crippen LogP contribution in [0.3, 0.4) is 0 Å². The molecule has 0 saturated carbocycles. The highest BCUT2D eigenvalue weighted by molar-refractivity contribution is 6.15. The van der Waals surface area contributed by atoms with E-state index < -0.39 is 6.17 Å². The smallest absolute Gasteiger partial charge is 0.132 e. The Bertz CT molecular complexity index is 907. The molecule has 1 aliphatic heterocycles. The van der Waals surface area contributed by atoms with Crippen molar-refractivity contribution in [3.8, 4) is 0 Å². The molecule has 2 heterocycles. The predicted molar refractivity (Wildman–Crippen MR) is 107 cm³/mol. The van der Waals surface area contributed by atoms with E-state index in [0.717, 1.165) is 11.1 Å². The number of hydrogen-bond acceptors (Lipinski definition) is 7. The van der Waals surface area contributed by atoms with Crippen LogP contribution in [0, 0.1) is 5.41 Å². The van der Waals surface area contributed by atoms with Crippen LogP contribution in [-0.4, -0.2) is 48.2 Å².